The van der Waals surface area contributed by atoms with Gasteiger partial charge in [0.1, 0.15) is 12.3 Å². The van der Waals surface area contributed by atoms with Crippen molar-refractivity contribution >= 4 is 34.9 Å². The van der Waals surface area contributed by atoms with Gasteiger partial charge in [0.2, 0.25) is 11.8 Å². The maximum Gasteiger partial charge on any atom is 0.322 e. The van der Waals surface area contributed by atoms with E-state index in [1.165, 1.54) is 12.0 Å². The lowest BCUT2D eigenvalue weighted by Crippen LogP contribution is -2.48. The first-order valence-corrected chi connectivity index (χ1v) is 8.36. The standard InChI is InChI=1S/C19H20N4O4/c1-12-7-8-16(27-2)14(9-12)22-17(24)10-20-19(26)23-11-18(25)21-13-5-3-4-6-15(13)23/h3-9H,10-11H2,1-2H3,(H,20,26)(H,21,25)(H,22,24). The van der Waals surface area contributed by atoms with Crippen LogP contribution in [0.1, 0.15) is 5.56 Å². The van der Waals surface area contributed by atoms with Crippen LogP contribution in [0.2, 0.25) is 0 Å². The molecule has 0 spiro atoms. The van der Waals surface area contributed by atoms with Crippen LogP contribution in [-0.4, -0.2) is 38.0 Å². The lowest BCUT2D eigenvalue weighted by molar-refractivity contribution is -0.115. The number of methoxy groups -OCH3 is 1. The summed E-state index contributed by atoms with van der Waals surface area (Å²) in [5, 5.41) is 7.96. The van der Waals surface area contributed by atoms with Gasteiger partial charge in [0, 0.05) is 0 Å². The molecule has 27 heavy (non-hydrogen) atoms. The molecule has 4 amide bonds. The Morgan fingerprint density at radius 2 is 2.00 bits per heavy atom. The van der Waals surface area contributed by atoms with Crippen LogP contribution in [0.4, 0.5) is 21.9 Å². The molecule has 0 aromatic heterocycles. The molecule has 0 unspecified atom stereocenters. The van der Waals surface area contributed by atoms with Gasteiger partial charge in [-0.25, -0.2) is 4.79 Å². The second-order valence-corrected chi connectivity index (χ2v) is 6.06. The Morgan fingerprint density at radius 3 is 2.78 bits per heavy atom. The molecule has 0 radical (unpaired) electrons. The van der Waals surface area contributed by atoms with Crippen molar-refractivity contribution < 1.29 is 19.1 Å². The van der Waals surface area contributed by atoms with Gasteiger partial charge >= 0.3 is 6.03 Å². The van der Waals surface area contributed by atoms with Gasteiger partial charge in [-0.05, 0) is 36.8 Å². The number of anilines is 3. The van der Waals surface area contributed by atoms with Crippen molar-refractivity contribution in [2.24, 2.45) is 0 Å². The van der Waals surface area contributed by atoms with Crippen LogP contribution < -0.4 is 25.6 Å². The highest BCUT2D eigenvalue weighted by molar-refractivity contribution is 6.10. The monoisotopic (exact) mass is 368 g/mol. The van der Waals surface area contributed by atoms with Crippen molar-refractivity contribution in [2.75, 3.05) is 35.7 Å². The third kappa shape index (κ3) is 4.17. The maximum absolute atomic E-state index is 12.5. The van der Waals surface area contributed by atoms with Crippen LogP contribution in [0.3, 0.4) is 0 Å². The van der Waals surface area contributed by atoms with Gasteiger partial charge < -0.3 is 20.7 Å². The van der Waals surface area contributed by atoms with Crippen LogP contribution >= 0.6 is 0 Å². The Hall–Kier alpha value is -3.55. The Balaban J connectivity index is 1.64. The largest absolute Gasteiger partial charge is 0.495 e. The molecule has 3 N–H and O–H groups in total. The van der Waals surface area contributed by atoms with Crippen molar-refractivity contribution in [3.8, 4) is 5.75 Å². The number of aryl methyl sites for hydroxylation is 1. The Kier molecular flexibility index (Phi) is 5.25. The Morgan fingerprint density at radius 1 is 1.22 bits per heavy atom. The van der Waals surface area contributed by atoms with E-state index in [9.17, 15) is 14.4 Å². The smallest absolute Gasteiger partial charge is 0.322 e. The number of carbonyl (C=O) groups is 3. The molecule has 0 atom stereocenters. The molecule has 8 nitrogen and oxygen atoms in total. The van der Waals surface area contributed by atoms with Gasteiger partial charge in [-0.2, -0.15) is 0 Å². The highest BCUT2D eigenvalue weighted by Crippen LogP contribution is 2.28. The molecule has 0 bridgehead atoms. The number of para-hydroxylation sites is 2. The number of nitrogens with zero attached hydrogens (tertiary/aromatic N) is 1. The second kappa shape index (κ2) is 7.77. The molecule has 1 aliphatic heterocycles. The minimum absolute atomic E-state index is 0.115. The number of fused-ring (bicyclic) bond motifs is 1. The van der Waals surface area contributed by atoms with Crippen molar-refractivity contribution in [2.45, 2.75) is 6.92 Å². The van der Waals surface area contributed by atoms with Crippen molar-refractivity contribution in [3.05, 3.63) is 48.0 Å². The zero-order chi connectivity index (χ0) is 19.4. The molecule has 2 aromatic carbocycles. The zero-order valence-electron chi connectivity index (χ0n) is 15.0. The highest BCUT2D eigenvalue weighted by Gasteiger charge is 2.26. The second-order valence-electron chi connectivity index (χ2n) is 6.06. The number of urea groups is 1. The van der Waals surface area contributed by atoms with Crippen molar-refractivity contribution in [3.63, 3.8) is 0 Å². The summed E-state index contributed by atoms with van der Waals surface area (Å²) >= 11 is 0. The molecule has 0 fully saturated rings. The first-order valence-electron chi connectivity index (χ1n) is 8.36. The van der Waals surface area contributed by atoms with E-state index in [-0.39, 0.29) is 19.0 Å². The van der Waals surface area contributed by atoms with Crippen molar-refractivity contribution in [1.29, 1.82) is 0 Å². The first-order chi connectivity index (χ1) is 13.0. The maximum atomic E-state index is 12.5. The van der Waals surface area contributed by atoms with E-state index in [1.807, 2.05) is 13.0 Å². The molecule has 3 rings (SSSR count). The molecule has 1 aliphatic rings. The predicted molar refractivity (Wildman–Crippen MR) is 102 cm³/mol. The Labute approximate surface area is 156 Å². The van der Waals surface area contributed by atoms with Crippen LogP contribution in [0.5, 0.6) is 5.75 Å². The number of amides is 4. The number of rotatable bonds is 4. The van der Waals surface area contributed by atoms with E-state index >= 15 is 0 Å². The number of ether oxygens (including phenoxy) is 1. The van der Waals surface area contributed by atoms with E-state index in [2.05, 4.69) is 16.0 Å². The summed E-state index contributed by atoms with van der Waals surface area (Å²) in [6.45, 7) is 1.54. The average Bonchev–Trinajstić information content (AvgIpc) is 2.65. The summed E-state index contributed by atoms with van der Waals surface area (Å²) in [6.07, 6.45) is 0. The molecule has 140 valence electrons. The summed E-state index contributed by atoms with van der Waals surface area (Å²) in [4.78, 5) is 37.8. The molecule has 2 aromatic rings. The number of nitrogens with one attached hydrogen (secondary N) is 3. The fourth-order valence-corrected chi connectivity index (χ4v) is 2.78. The summed E-state index contributed by atoms with van der Waals surface area (Å²) in [5.74, 6) is -0.165. The van der Waals surface area contributed by atoms with E-state index in [0.29, 0.717) is 22.8 Å². The third-order valence-corrected chi connectivity index (χ3v) is 4.05. The van der Waals surface area contributed by atoms with Crippen LogP contribution in [0, 0.1) is 6.92 Å². The minimum atomic E-state index is -0.524. The fourth-order valence-electron chi connectivity index (χ4n) is 2.78. The molecular formula is C19H20N4O4. The van der Waals surface area contributed by atoms with Crippen molar-refractivity contribution in [1.82, 2.24) is 5.32 Å². The van der Waals surface area contributed by atoms with Gasteiger partial charge in [0.25, 0.3) is 0 Å². The molecule has 0 aliphatic carbocycles. The summed E-state index contributed by atoms with van der Waals surface area (Å²) < 4.78 is 5.22. The van der Waals surface area contributed by atoms with E-state index in [1.54, 1.807) is 36.4 Å². The number of hydrogen-bond acceptors (Lipinski definition) is 4. The number of hydrogen-bond donors (Lipinski definition) is 3. The molecule has 8 heteroatoms. The van der Waals surface area contributed by atoms with E-state index in [0.717, 1.165) is 5.56 Å². The van der Waals surface area contributed by atoms with Gasteiger partial charge in [-0.3, -0.25) is 14.5 Å². The number of carbonyl (C=O) groups excluding carboxylic acids is 3. The zero-order valence-corrected chi connectivity index (χ0v) is 15.0. The fraction of sp³-hybridized carbons (Fsp3) is 0.211. The molecule has 0 saturated heterocycles. The summed E-state index contributed by atoms with van der Waals surface area (Å²) in [5.41, 5.74) is 2.62. The SMILES string of the molecule is COc1ccc(C)cc1NC(=O)CNC(=O)N1CC(=O)Nc2ccccc21. The van der Waals surface area contributed by atoms with Crippen LogP contribution in [-0.2, 0) is 9.59 Å². The molecular weight excluding hydrogens is 348 g/mol. The van der Waals surface area contributed by atoms with E-state index in [4.69, 9.17) is 4.74 Å². The summed E-state index contributed by atoms with van der Waals surface area (Å²) in [7, 11) is 1.51. The minimum Gasteiger partial charge on any atom is -0.495 e. The number of benzene rings is 2. The lowest BCUT2D eigenvalue weighted by atomic mass is 10.2. The third-order valence-electron chi connectivity index (χ3n) is 4.05. The summed E-state index contributed by atoms with van der Waals surface area (Å²) in [6, 6.07) is 11.9. The topological polar surface area (TPSA) is 99.8 Å². The molecule has 1 heterocycles. The quantitative estimate of drug-likeness (QED) is 0.769. The molecule has 0 saturated carbocycles. The normalized spacial score (nSPS) is 12.7. The van der Waals surface area contributed by atoms with E-state index < -0.39 is 11.9 Å². The first kappa shape index (κ1) is 18.2. The van der Waals surface area contributed by atoms with Crippen LogP contribution in [0.25, 0.3) is 0 Å². The van der Waals surface area contributed by atoms with Gasteiger partial charge in [0.15, 0.2) is 0 Å². The van der Waals surface area contributed by atoms with Crippen LogP contribution in [0.15, 0.2) is 42.5 Å². The van der Waals surface area contributed by atoms with Gasteiger partial charge in [-0.1, -0.05) is 18.2 Å². The lowest BCUT2D eigenvalue weighted by Gasteiger charge is -2.29. The Bertz CT molecular complexity index is 897. The average molecular weight is 368 g/mol. The highest BCUT2D eigenvalue weighted by atomic mass is 16.5. The van der Waals surface area contributed by atoms with Gasteiger partial charge in [0.05, 0.1) is 30.7 Å². The van der Waals surface area contributed by atoms with Gasteiger partial charge in [-0.15, -0.1) is 0 Å². The predicted octanol–water partition coefficient (Wildman–Crippen LogP) is 2.11.